The molecule has 0 saturated carbocycles. The van der Waals surface area contributed by atoms with Crippen LogP contribution in [0.2, 0.25) is 0 Å². The van der Waals surface area contributed by atoms with Crippen molar-refractivity contribution < 1.29 is 0 Å². The molecule has 0 aliphatic carbocycles. The molecule has 106 valence electrons. The zero-order valence-electron chi connectivity index (χ0n) is 12.0. The van der Waals surface area contributed by atoms with Gasteiger partial charge in [-0.25, -0.2) is 4.98 Å². The Kier molecular flexibility index (Phi) is 3.54. The van der Waals surface area contributed by atoms with Crippen LogP contribution in [0.1, 0.15) is 12.5 Å². The molecule has 3 rings (SSSR count). The molecule has 4 heteroatoms. The van der Waals surface area contributed by atoms with Crippen molar-refractivity contribution in [2.75, 3.05) is 11.9 Å². The second-order valence-corrected chi connectivity index (χ2v) is 5.27. The summed E-state index contributed by atoms with van der Waals surface area (Å²) in [5.41, 5.74) is 8.50. The van der Waals surface area contributed by atoms with Crippen molar-refractivity contribution in [3.63, 3.8) is 0 Å². The fourth-order valence-electron chi connectivity index (χ4n) is 2.35. The average Bonchev–Trinajstić information content (AvgIpc) is 2.55. The van der Waals surface area contributed by atoms with Crippen LogP contribution in [-0.4, -0.2) is 16.5 Å². The minimum absolute atomic E-state index is 0.377. The largest absolute Gasteiger partial charge is 0.358 e. The first-order valence-corrected chi connectivity index (χ1v) is 6.97. The molecule has 0 radical (unpaired) electrons. The highest BCUT2D eigenvalue weighted by Gasteiger charge is 2.25. The van der Waals surface area contributed by atoms with Gasteiger partial charge in [-0.3, -0.25) is 4.98 Å². The quantitative estimate of drug-likeness (QED) is 0.770. The number of hydrogen-bond donors (Lipinski definition) is 2. The highest BCUT2D eigenvalue weighted by atomic mass is 15.1. The normalized spacial score (nSPS) is 13.8. The molecule has 0 aliphatic heterocycles. The third-order valence-corrected chi connectivity index (χ3v) is 3.67. The maximum absolute atomic E-state index is 5.99. The molecule has 4 nitrogen and oxygen atoms in total. The molecule has 0 amide bonds. The van der Waals surface area contributed by atoms with Crippen LogP contribution in [0.3, 0.4) is 0 Å². The summed E-state index contributed by atoms with van der Waals surface area (Å²) in [4.78, 5) is 9.03. The Bertz CT molecular complexity index is 742. The summed E-state index contributed by atoms with van der Waals surface area (Å²) >= 11 is 0. The molecule has 0 aliphatic rings. The highest BCUT2D eigenvalue weighted by molar-refractivity contribution is 5.75. The second-order valence-electron chi connectivity index (χ2n) is 5.27. The summed E-state index contributed by atoms with van der Waals surface area (Å²) in [6.45, 7) is 2.53. The zero-order chi connectivity index (χ0) is 14.7. The van der Waals surface area contributed by atoms with Crippen molar-refractivity contribution in [3.05, 3.63) is 66.4 Å². The Balaban J connectivity index is 1.95. The number of hydrogen-bond acceptors (Lipinski definition) is 4. The van der Waals surface area contributed by atoms with Gasteiger partial charge in [-0.05, 0) is 24.6 Å². The lowest BCUT2D eigenvalue weighted by Gasteiger charge is -2.30. The molecule has 0 bridgehead atoms. The lowest BCUT2D eigenvalue weighted by Crippen LogP contribution is -2.40. The summed E-state index contributed by atoms with van der Waals surface area (Å²) in [6.07, 6.45) is 1.75. The predicted molar refractivity (Wildman–Crippen MR) is 86.0 cm³/mol. The van der Waals surface area contributed by atoms with Crippen molar-refractivity contribution in [2.24, 2.45) is 5.73 Å². The molecule has 0 fully saturated rings. The molecule has 0 spiro atoms. The number of rotatable bonds is 4. The van der Waals surface area contributed by atoms with Gasteiger partial charge in [-0.1, -0.05) is 42.5 Å². The van der Waals surface area contributed by atoms with Crippen LogP contribution >= 0.6 is 0 Å². The Labute approximate surface area is 124 Å². The van der Waals surface area contributed by atoms with Crippen LogP contribution in [0.25, 0.3) is 11.0 Å². The number of para-hydroxylation sites is 2. The monoisotopic (exact) mass is 278 g/mol. The van der Waals surface area contributed by atoms with Gasteiger partial charge in [0.25, 0.3) is 0 Å². The summed E-state index contributed by atoms with van der Waals surface area (Å²) < 4.78 is 0. The van der Waals surface area contributed by atoms with Crippen molar-refractivity contribution in [2.45, 2.75) is 12.5 Å². The third kappa shape index (κ3) is 2.71. The fraction of sp³-hybridized carbons (Fsp3) is 0.176. The molecule has 0 saturated heterocycles. The molecule has 1 heterocycles. The van der Waals surface area contributed by atoms with Crippen LogP contribution in [0.15, 0.2) is 60.8 Å². The molecule has 3 aromatic rings. The van der Waals surface area contributed by atoms with Gasteiger partial charge in [-0.15, -0.1) is 0 Å². The maximum atomic E-state index is 5.99. The minimum Gasteiger partial charge on any atom is -0.358 e. The highest BCUT2D eigenvalue weighted by Crippen LogP contribution is 2.24. The molecule has 1 aromatic heterocycles. The van der Waals surface area contributed by atoms with Gasteiger partial charge in [-0.2, -0.15) is 0 Å². The van der Waals surface area contributed by atoms with E-state index in [4.69, 9.17) is 5.73 Å². The summed E-state index contributed by atoms with van der Waals surface area (Å²) in [5, 5.41) is 3.41. The topological polar surface area (TPSA) is 63.8 Å². The van der Waals surface area contributed by atoms with E-state index in [9.17, 15) is 0 Å². The number of benzene rings is 2. The molecule has 2 aromatic carbocycles. The van der Waals surface area contributed by atoms with E-state index in [2.05, 4.69) is 34.3 Å². The summed E-state index contributed by atoms with van der Waals surface area (Å²) in [6, 6.07) is 18.0. The molecule has 21 heavy (non-hydrogen) atoms. The van der Waals surface area contributed by atoms with E-state index in [1.165, 1.54) is 0 Å². The van der Waals surface area contributed by atoms with Crippen molar-refractivity contribution >= 4 is 16.9 Å². The second kappa shape index (κ2) is 5.50. The van der Waals surface area contributed by atoms with Crippen LogP contribution in [-0.2, 0) is 5.54 Å². The first-order chi connectivity index (χ1) is 10.2. The van der Waals surface area contributed by atoms with Gasteiger partial charge in [0.15, 0.2) is 0 Å². The lowest BCUT2D eigenvalue weighted by atomic mass is 9.92. The fourth-order valence-corrected chi connectivity index (χ4v) is 2.35. The summed E-state index contributed by atoms with van der Waals surface area (Å²) in [5.74, 6) is 0.727. The average molecular weight is 278 g/mol. The molecular formula is C17H18N4. The third-order valence-electron chi connectivity index (χ3n) is 3.67. The van der Waals surface area contributed by atoms with Crippen molar-refractivity contribution in [1.29, 1.82) is 0 Å². The SMILES string of the molecule is CC(CN)(Nc1cnc2ccccc2n1)c1ccccc1. The maximum Gasteiger partial charge on any atom is 0.145 e. The first-order valence-electron chi connectivity index (χ1n) is 6.97. The standard InChI is InChI=1S/C17H18N4/c1-17(12-18,13-7-3-2-4-8-13)21-16-11-19-14-9-5-6-10-15(14)20-16/h2-11H,12,18H2,1H3,(H,20,21). The molecular weight excluding hydrogens is 260 g/mol. The number of anilines is 1. The van der Waals surface area contributed by atoms with Gasteiger partial charge < -0.3 is 11.1 Å². The molecule has 1 atom stereocenters. The van der Waals surface area contributed by atoms with Crippen molar-refractivity contribution in [3.8, 4) is 0 Å². The van der Waals surface area contributed by atoms with Crippen LogP contribution in [0.5, 0.6) is 0 Å². The van der Waals surface area contributed by atoms with Crippen molar-refractivity contribution in [1.82, 2.24) is 9.97 Å². The van der Waals surface area contributed by atoms with Gasteiger partial charge in [0.1, 0.15) is 5.82 Å². The number of nitrogens with two attached hydrogens (primary N) is 1. The Morgan fingerprint density at radius 3 is 2.38 bits per heavy atom. The van der Waals surface area contributed by atoms with E-state index in [0.29, 0.717) is 6.54 Å². The summed E-state index contributed by atoms with van der Waals surface area (Å²) in [7, 11) is 0. The number of fused-ring (bicyclic) bond motifs is 1. The number of nitrogens with zero attached hydrogens (tertiary/aromatic N) is 2. The van der Waals surface area contributed by atoms with E-state index in [1.807, 2.05) is 42.5 Å². The lowest BCUT2D eigenvalue weighted by molar-refractivity contribution is 0.554. The number of aromatic nitrogens is 2. The Morgan fingerprint density at radius 2 is 1.67 bits per heavy atom. The zero-order valence-corrected chi connectivity index (χ0v) is 12.0. The first kappa shape index (κ1) is 13.5. The Hall–Kier alpha value is -2.46. The Morgan fingerprint density at radius 1 is 1.00 bits per heavy atom. The van der Waals surface area contributed by atoms with E-state index < -0.39 is 0 Å². The van der Waals surface area contributed by atoms with Gasteiger partial charge in [0, 0.05) is 6.54 Å². The van der Waals surface area contributed by atoms with Gasteiger partial charge >= 0.3 is 0 Å². The van der Waals surface area contributed by atoms with E-state index in [0.717, 1.165) is 22.4 Å². The molecule has 3 N–H and O–H groups in total. The van der Waals surface area contributed by atoms with Crippen LogP contribution in [0.4, 0.5) is 5.82 Å². The van der Waals surface area contributed by atoms with Gasteiger partial charge in [0.2, 0.25) is 0 Å². The van der Waals surface area contributed by atoms with Crippen LogP contribution < -0.4 is 11.1 Å². The van der Waals surface area contributed by atoms with E-state index >= 15 is 0 Å². The smallest absolute Gasteiger partial charge is 0.145 e. The molecule has 1 unspecified atom stereocenters. The predicted octanol–water partition coefficient (Wildman–Crippen LogP) is 2.92. The van der Waals surface area contributed by atoms with Gasteiger partial charge in [0.05, 0.1) is 22.8 Å². The van der Waals surface area contributed by atoms with Crippen LogP contribution in [0, 0.1) is 0 Å². The van der Waals surface area contributed by atoms with E-state index in [1.54, 1.807) is 6.20 Å². The number of nitrogens with one attached hydrogen (secondary N) is 1. The minimum atomic E-state index is -0.377. The van der Waals surface area contributed by atoms with E-state index in [-0.39, 0.29) is 5.54 Å².